The van der Waals surface area contributed by atoms with Crippen molar-refractivity contribution in [3.8, 4) is 11.1 Å². The molecule has 0 amide bonds. The van der Waals surface area contributed by atoms with Gasteiger partial charge in [0.2, 0.25) is 0 Å². The Bertz CT molecular complexity index is 1420. The summed E-state index contributed by atoms with van der Waals surface area (Å²) in [6, 6.07) is 29.0. The van der Waals surface area contributed by atoms with E-state index in [-0.39, 0.29) is 24.8 Å². The fourth-order valence-electron chi connectivity index (χ4n) is 5.34. The average molecular weight is 577 g/mol. The van der Waals surface area contributed by atoms with Gasteiger partial charge in [0.1, 0.15) is 0 Å². The third kappa shape index (κ3) is 4.90. The van der Waals surface area contributed by atoms with Gasteiger partial charge in [0.25, 0.3) is 0 Å². The number of hydrogen-bond donors (Lipinski definition) is 0. The maximum absolute atomic E-state index is 5.49. The van der Waals surface area contributed by atoms with Gasteiger partial charge >= 0.3 is 204 Å². The zero-order chi connectivity index (χ0) is 22.2. The van der Waals surface area contributed by atoms with E-state index < -0.39 is 21.3 Å². The molecule has 4 heteroatoms. The molecule has 6 rings (SSSR count). The number of rotatable bonds is 5. The van der Waals surface area contributed by atoms with Crippen LogP contribution in [-0.2, 0) is 34.1 Å². The molecular formula is C31H26Cl2OZr. The molecule has 4 aromatic rings. The molecular weight excluding hydrogens is 550 g/mol. The van der Waals surface area contributed by atoms with Crippen LogP contribution >= 0.6 is 0 Å². The van der Waals surface area contributed by atoms with Gasteiger partial charge in [0.15, 0.2) is 0 Å². The first-order chi connectivity index (χ1) is 16.3. The summed E-state index contributed by atoms with van der Waals surface area (Å²) in [5, 5.41) is 0. The second-order valence-electron chi connectivity index (χ2n) is 8.96. The van der Waals surface area contributed by atoms with E-state index in [9.17, 15) is 0 Å². The Kier molecular flexibility index (Phi) is 8.28. The number of halogens is 2. The Labute approximate surface area is 227 Å². The summed E-state index contributed by atoms with van der Waals surface area (Å²) in [6.45, 7) is 2.37. The Morgan fingerprint density at radius 2 is 1.66 bits per heavy atom. The van der Waals surface area contributed by atoms with Gasteiger partial charge in [-0.05, 0) is 0 Å². The molecule has 3 aromatic carbocycles. The van der Waals surface area contributed by atoms with Gasteiger partial charge in [-0.15, -0.1) is 0 Å². The van der Waals surface area contributed by atoms with E-state index in [2.05, 4.69) is 102 Å². The molecule has 1 aromatic heterocycles. The molecule has 1 heterocycles. The fourth-order valence-corrected chi connectivity index (χ4v) is 13.0. The predicted molar refractivity (Wildman–Crippen MR) is 134 cm³/mol. The van der Waals surface area contributed by atoms with Crippen molar-refractivity contribution in [3.05, 3.63) is 129 Å². The number of fused-ring (bicyclic) bond motifs is 3. The summed E-state index contributed by atoms with van der Waals surface area (Å²) in [5.74, 6) is 0.468. The summed E-state index contributed by atoms with van der Waals surface area (Å²) in [7, 11) is 0. The van der Waals surface area contributed by atoms with Gasteiger partial charge in [0, 0.05) is 0 Å². The molecule has 0 fully saturated rings. The van der Waals surface area contributed by atoms with Gasteiger partial charge in [0.05, 0.1) is 0 Å². The third-order valence-corrected chi connectivity index (χ3v) is 14.2. The van der Waals surface area contributed by atoms with Crippen LogP contribution in [0, 0.1) is 5.92 Å². The van der Waals surface area contributed by atoms with Crippen molar-refractivity contribution in [3.63, 3.8) is 0 Å². The van der Waals surface area contributed by atoms with Crippen molar-refractivity contribution in [2.45, 2.75) is 19.8 Å². The molecule has 0 N–H and O–H groups in total. The third-order valence-electron chi connectivity index (χ3n) is 6.95. The van der Waals surface area contributed by atoms with E-state index in [4.69, 9.17) is 4.42 Å². The number of hydrogen-bond acceptors (Lipinski definition) is 1. The maximum Gasteiger partial charge on any atom is -1.00 e. The van der Waals surface area contributed by atoms with E-state index in [0.29, 0.717) is 5.92 Å². The Morgan fingerprint density at radius 1 is 0.886 bits per heavy atom. The van der Waals surface area contributed by atoms with E-state index >= 15 is 0 Å². The molecule has 1 unspecified atom stereocenters. The fraction of sp³-hybridized carbons (Fsp3) is 0.129. The second kappa shape index (κ2) is 11.2. The van der Waals surface area contributed by atoms with Gasteiger partial charge in [-0.3, -0.25) is 0 Å². The molecule has 0 saturated carbocycles. The molecule has 1 nitrogen and oxygen atoms in total. The monoisotopic (exact) mass is 574 g/mol. The minimum atomic E-state index is -2.37. The molecule has 2 aliphatic carbocycles. The SMILES string of the molecule is CC1C=CC(c2ccoc2)=[C]1[Zr+2](=[CH]Cc1ccccc1)[c]1cccc2c1Cc1ccccc1-2.[Cl-].[Cl-]. The molecule has 0 radical (unpaired) electrons. The van der Waals surface area contributed by atoms with Crippen LogP contribution in [0.5, 0.6) is 0 Å². The number of allylic oxidation sites excluding steroid dienone is 4. The van der Waals surface area contributed by atoms with Crippen LogP contribution < -0.4 is 28.1 Å². The van der Waals surface area contributed by atoms with Crippen LogP contribution in [0.2, 0.25) is 0 Å². The normalized spacial score (nSPS) is 15.4. The Hall–Kier alpha value is -2.25. The molecule has 2 aliphatic rings. The Balaban J connectivity index is 0.00000144. The maximum atomic E-state index is 5.49. The Morgan fingerprint density at radius 3 is 2.46 bits per heavy atom. The second-order valence-corrected chi connectivity index (χ2v) is 14.6. The van der Waals surface area contributed by atoms with Gasteiger partial charge in [-0.25, -0.2) is 0 Å². The quantitative estimate of drug-likeness (QED) is 0.302. The average Bonchev–Trinajstić information content (AvgIpc) is 3.59. The van der Waals surface area contributed by atoms with Crippen LogP contribution in [0.15, 0.2) is 111 Å². The summed E-state index contributed by atoms with van der Waals surface area (Å²) in [6.07, 6.45) is 10.5. The van der Waals surface area contributed by atoms with Crippen LogP contribution in [-0.4, -0.2) is 3.71 Å². The molecule has 0 bridgehead atoms. The zero-order valence-electron chi connectivity index (χ0n) is 19.5. The molecule has 0 saturated heterocycles. The van der Waals surface area contributed by atoms with E-state index in [0.717, 1.165) is 12.8 Å². The van der Waals surface area contributed by atoms with Crippen LogP contribution in [0.3, 0.4) is 0 Å². The topological polar surface area (TPSA) is 13.1 Å². The molecule has 0 spiro atoms. The number of furan rings is 1. The summed E-state index contributed by atoms with van der Waals surface area (Å²) >= 11 is -2.37. The van der Waals surface area contributed by atoms with E-state index in [1.165, 1.54) is 33.4 Å². The summed E-state index contributed by atoms with van der Waals surface area (Å²) < 4.78 is 11.5. The first-order valence-corrected chi connectivity index (χ1v) is 15.6. The molecule has 35 heavy (non-hydrogen) atoms. The van der Waals surface area contributed by atoms with Crippen LogP contribution in [0.4, 0.5) is 0 Å². The minimum Gasteiger partial charge on any atom is -1.00 e. The van der Waals surface area contributed by atoms with E-state index in [1.54, 1.807) is 18.4 Å². The summed E-state index contributed by atoms with van der Waals surface area (Å²) in [5.41, 5.74) is 9.90. The van der Waals surface area contributed by atoms with Crippen molar-refractivity contribution in [2.75, 3.05) is 0 Å². The molecule has 1 atom stereocenters. The molecule has 174 valence electrons. The molecule has 0 aliphatic heterocycles. The van der Waals surface area contributed by atoms with Crippen molar-refractivity contribution in [1.29, 1.82) is 0 Å². The van der Waals surface area contributed by atoms with E-state index in [1.807, 2.05) is 6.26 Å². The van der Waals surface area contributed by atoms with Gasteiger partial charge in [-0.2, -0.15) is 0 Å². The van der Waals surface area contributed by atoms with Crippen LogP contribution in [0.25, 0.3) is 16.7 Å². The first kappa shape index (κ1) is 25.8. The standard InChI is InChI=1S/C13H9.C10H9O.C8H8.2ClH.Zr/c1-3-7-12-10(5-1)9-11-6-2-4-8-13(11)12;1-8-2-3-9(6-8)10-4-5-11-7-10;1-2-8-6-4-3-5-7-8;;;/h1-5,7-8H,9H2;2-5,7-8H,1H3;1,3-7H,2H2;2*1H;/q;;;;;+2/p-2. The van der Waals surface area contributed by atoms with Crippen LogP contribution in [0.1, 0.15) is 29.2 Å². The zero-order valence-corrected chi connectivity index (χ0v) is 23.5. The van der Waals surface area contributed by atoms with Crippen molar-refractivity contribution in [2.24, 2.45) is 5.92 Å². The van der Waals surface area contributed by atoms with Crippen molar-refractivity contribution >= 4 is 12.6 Å². The largest absolute Gasteiger partial charge is 1.00 e. The summed E-state index contributed by atoms with van der Waals surface area (Å²) in [4.78, 5) is 0. The minimum absolute atomic E-state index is 0. The van der Waals surface area contributed by atoms with Gasteiger partial charge < -0.3 is 24.8 Å². The predicted octanol–water partition coefficient (Wildman–Crippen LogP) is 0.764. The van der Waals surface area contributed by atoms with Crippen molar-refractivity contribution in [1.82, 2.24) is 0 Å². The number of benzene rings is 3. The van der Waals surface area contributed by atoms with Crippen molar-refractivity contribution < 1.29 is 50.5 Å². The smallest absolute Gasteiger partial charge is 1.00 e. The first-order valence-electron chi connectivity index (χ1n) is 11.7. The van der Waals surface area contributed by atoms with Gasteiger partial charge in [-0.1, -0.05) is 0 Å².